The zero-order valence-electron chi connectivity index (χ0n) is 11.4. The van der Waals surface area contributed by atoms with Crippen LogP contribution in [0, 0.1) is 0 Å². The van der Waals surface area contributed by atoms with Crippen LogP contribution in [0.4, 0.5) is 13.2 Å². The lowest BCUT2D eigenvalue weighted by atomic mass is 10.2. The summed E-state index contributed by atoms with van der Waals surface area (Å²) in [4.78, 5) is 0. The fourth-order valence-corrected chi connectivity index (χ4v) is 2.20. The van der Waals surface area contributed by atoms with Crippen molar-refractivity contribution < 1.29 is 13.2 Å². The van der Waals surface area contributed by atoms with E-state index in [-0.39, 0.29) is 6.42 Å². The molecule has 0 unspecified atom stereocenters. The van der Waals surface area contributed by atoms with Crippen LogP contribution < -0.4 is 5.32 Å². The van der Waals surface area contributed by atoms with Gasteiger partial charge >= 0.3 is 6.18 Å². The average Bonchev–Trinajstić information content (AvgIpc) is 2.70. The molecule has 2 rings (SSSR count). The van der Waals surface area contributed by atoms with Crippen molar-refractivity contribution >= 4 is 10.9 Å². The molecule has 0 saturated heterocycles. The lowest BCUT2D eigenvalue weighted by Crippen LogP contribution is -2.16. The van der Waals surface area contributed by atoms with Gasteiger partial charge in [-0.2, -0.15) is 18.3 Å². The number of hydrogen-bond donors (Lipinski definition) is 1. The third kappa shape index (κ3) is 3.96. The summed E-state index contributed by atoms with van der Waals surface area (Å²) in [5.74, 6) is 0. The van der Waals surface area contributed by atoms with Crippen LogP contribution in [0.1, 0.15) is 25.0 Å². The lowest BCUT2D eigenvalue weighted by molar-refractivity contribution is -0.135. The minimum Gasteiger partial charge on any atom is -0.311 e. The Bertz CT molecular complexity index is 560. The van der Waals surface area contributed by atoms with E-state index in [1.165, 1.54) is 0 Å². The molecular weight excluding hydrogens is 267 g/mol. The van der Waals surface area contributed by atoms with Gasteiger partial charge in [-0.05, 0) is 25.5 Å². The average molecular weight is 285 g/mol. The standard InChI is InChI=1S/C14H18F3N3/c1-20-13-7-3-2-6-11(13)12(19-20)10-18-9-5-4-8-14(15,16)17/h2-3,6-7,18H,4-5,8-10H2,1H3. The van der Waals surface area contributed by atoms with Gasteiger partial charge in [0.2, 0.25) is 0 Å². The van der Waals surface area contributed by atoms with E-state index >= 15 is 0 Å². The van der Waals surface area contributed by atoms with Crippen molar-refractivity contribution in [1.29, 1.82) is 0 Å². The first-order valence-electron chi connectivity index (χ1n) is 6.65. The molecule has 0 bridgehead atoms. The highest BCUT2D eigenvalue weighted by Crippen LogP contribution is 2.22. The predicted octanol–water partition coefficient (Wildman–Crippen LogP) is 3.40. The van der Waals surface area contributed by atoms with Crippen LogP contribution in [0.25, 0.3) is 10.9 Å². The van der Waals surface area contributed by atoms with Gasteiger partial charge in [-0.15, -0.1) is 0 Å². The SMILES string of the molecule is Cn1nc(CNCCCCC(F)(F)F)c2ccccc21. The molecule has 0 aliphatic heterocycles. The zero-order chi connectivity index (χ0) is 14.6. The molecule has 3 nitrogen and oxygen atoms in total. The van der Waals surface area contributed by atoms with Crippen LogP contribution in [0.15, 0.2) is 24.3 Å². The molecule has 0 saturated carbocycles. The van der Waals surface area contributed by atoms with Crippen LogP contribution >= 0.6 is 0 Å². The molecule has 20 heavy (non-hydrogen) atoms. The Labute approximate surface area is 115 Å². The molecule has 110 valence electrons. The Balaban J connectivity index is 1.79. The summed E-state index contributed by atoms with van der Waals surface area (Å²) >= 11 is 0. The van der Waals surface area contributed by atoms with Crippen molar-refractivity contribution in [3.63, 3.8) is 0 Å². The Hall–Kier alpha value is -1.56. The van der Waals surface area contributed by atoms with Crippen molar-refractivity contribution in [1.82, 2.24) is 15.1 Å². The fraction of sp³-hybridized carbons (Fsp3) is 0.500. The largest absolute Gasteiger partial charge is 0.389 e. The monoisotopic (exact) mass is 285 g/mol. The van der Waals surface area contributed by atoms with Gasteiger partial charge < -0.3 is 5.32 Å². The molecule has 0 aliphatic carbocycles. The molecule has 0 radical (unpaired) electrons. The molecule has 1 N–H and O–H groups in total. The molecule has 2 aromatic rings. The van der Waals surface area contributed by atoms with Crippen molar-refractivity contribution in [2.75, 3.05) is 6.54 Å². The maximum absolute atomic E-state index is 12.0. The van der Waals surface area contributed by atoms with Crippen molar-refractivity contribution in [2.24, 2.45) is 7.05 Å². The Morgan fingerprint density at radius 1 is 1.20 bits per heavy atom. The molecule has 1 aromatic carbocycles. The molecule has 1 heterocycles. The van der Waals surface area contributed by atoms with Gasteiger partial charge in [0.25, 0.3) is 0 Å². The van der Waals surface area contributed by atoms with Crippen molar-refractivity contribution in [3.8, 4) is 0 Å². The van der Waals surface area contributed by atoms with Crippen LogP contribution in [0.5, 0.6) is 0 Å². The van der Waals surface area contributed by atoms with E-state index in [9.17, 15) is 13.2 Å². The van der Waals surface area contributed by atoms with Gasteiger partial charge in [-0.1, -0.05) is 18.2 Å². The number of aromatic nitrogens is 2. The second kappa shape index (κ2) is 6.26. The molecule has 6 heteroatoms. The van der Waals surface area contributed by atoms with Crippen LogP contribution in [-0.4, -0.2) is 22.5 Å². The summed E-state index contributed by atoms with van der Waals surface area (Å²) in [6.45, 7) is 1.15. The number of fused-ring (bicyclic) bond motifs is 1. The van der Waals surface area contributed by atoms with E-state index in [0.29, 0.717) is 19.5 Å². The second-order valence-electron chi connectivity index (χ2n) is 4.84. The first kappa shape index (κ1) is 14.8. The van der Waals surface area contributed by atoms with Crippen LogP contribution in [0.2, 0.25) is 0 Å². The smallest absolute Gasteiger partial charge is 0.311 e. The Morgan fingerprint density at radius 3 is 2.70 bits per heavy atom. The molecular formula is C14H18F3N3. The van der Waals surface area contributed by atoms with Gasteiger partial charge in [0.15, 0.2) is 0 Å². The van der Waals surface area contributed by atoms with Gasteiger partial charge in [-0.25, -0.2) is 0 Å². The predicted molar refractivity (Wildman–Crippen MR) is 72.3 cm³/mol. The minimum atomic E-state index is -4.04. The number of halogens is 3. The summed E-state index contributed by atoms with van der Waals surface area (Å²) in [5, 5.41) is 8.65. The Kier molecular flexibility index (Phi) is 4.65. The summed E-state index contributed by atoms with van der Waals surface area (Å²) in [7, 11) is 1.88. The maximum Gasteiger partial charge on any atom is 0.389 e. The first-order valence-corrected chi connectivity index (χ1v) is 6.65. The quantitative estimate of drug-likeness (QED) is 0.824. The third-order valence-electron chi connectivity index (χ3n) is 3.19. The topological polar surface area (TPSA) is 29.9 Å². The van der Waals surface area contributed by atoms with E-state index in [2.05, 4.69) is 10.4 Å². The van der Waals surface area contributed by atoms with Crippen LogP contribution in [0.3, 0.4) is 0 Å². The molecule has 0 aliphatic rings. The maximum atomic E-state index is 12.0. The Morgan fingerprint density at radius 2 is 1.95 bits per heavy atom. The minimum absolute atomic E-state index is 0.166. The molecule has 0 amide bonds. The highest BCUT2D eigenvalue weighted by Gasteiger charge is 2.25. The number of para-hydroxylation sites is 1. The molecule has 0 spiro atoms. The second-order valence-corrected chi connectivity index (χ2v) is 4.84. The van der Waals surface area contributed by atoms with Crippen molar-refractivity contribution in [3.05, 3.63) is 30.0 Å². The number of hydrogen-bond acceptors (Lipinski definition) is 2. The van der Waals surface area contributed by atoms with Gasteiger partial charge in [0.1, 0.15) is 0 Å². The highest BCUT2D eigenvalue weighted by atomic mass is 19.4. The zero-order valence-corrected chi connectivity index (χ0v) is 11.4. The molecule has 1 aromatic heterocycles. The normalized spacial score (nSPS) is 12.2. The third-order valence-corrected chi connectivity index (χ3v) is 3.19. The van der Waals surface area contributed by atoms with Gasteiger partial charge in [0, 0.05) is 25.4 Å². The van der Waals surface area contributed by atoms with E-state index in [4.69, 9.17) is 0 Å². The molecule has 0 fully saturated rings. The summed E-state index contributed by atoms with van der Waals surface area (Å²) in [5.41, 5.74) is 1.99. The number of unbranched alkanes of at least 4 members (excludes halogenated alkanes) is 1. The summed E-state index contributed by atoms with van der Waals surface area (Å²) in [6, 6.07) is 7.91. The fourth-order valence-electron chi connectivity index (χ4n) is 2.20. The van der Waals surface area contributed by atoms with E-state index in [1.54, 1.807) is 0 Å². The number of nitrogens with one attached hydrogen (secondary N) is 1. The number of benzene rings is 1. The van der Waals surface area contributed by atoms with Crippen LogP contribution in [-0.2, 0) is 13.6 Å². The van der Waals surface area contributed by atoms with Gasteiger partial charge in [0.05, 0.1) is 11.2 Å². The number of nitrogens with zero attached hydrogens (tertiary/aromatic N) is 2. The lowest BCUT2D eigenvalue weighted by Gasteiger charge is -2.06. The highest BCUT2D eigenvalue weighted by molar-refractivity contribution is 5.81. The van der Waals surface area contributed by atoms with E-state index in [1.807, 2.05) is 36.0 Å². The van der Waals surface area contributed by atoms with Gasteiger partial charge in [-0.3, -0.25) is 4.68 Å². The summed E-state index contributed by atoms with van der Waals surface area (Å²) in [6.07, 6.45) is -4.07. The van der Waals surface area contributed by atoms with E-state index in [0.717, 1.165) is 16.6 Å². The first-order chi connectivity index (χ1) is 9.47. The number of alkyl halides is 3. The summed E-state index contributed by atoms with van der Waals surface area (Å²) < 4.78 is 37.7. The number of aryl methyl sites for hydroxylation is 1. The van der Waals surface area contributed by atoms with Crippen molar-refractivity contribution in [2.45, 2.75) is 32.0 Å². The molecule has 0 atom stereocenters. The van der Waals surface area contributed by atoms with E-state index < -0.39 is 12.6 Å². The number of rotatable bonds is 6.